The third kappa shape index (κ3) is 3.04. The average molecular weight is 320 g/mol. The summed E-state index contributed by atoms with van der Waals surface area (Å²) in [7, 11) is 0. The van der Waals surface area contributed by atoms with E-state index in [2.05, 4.69) is 39.9 Å². The molecule has 24 heavy (non-hydrogen) atoms. The molecular formula is C20H20N2O2. The lowest BCUT2D eigenvalue weighted by molar-refractivity contribution is -0.152. The Hall–Kier alpha value is -2.62. The minimum absolute atomic E-state index is 0.0361. The van der Waals surface area contributed by atoms with E-state index in [0.29, 0.717) is 12.6 Å². The van der Waals surface area contributed by atoms with E-state index in [1.807, 2.05) is 24.7 Å². The molecule has 122 valence electrons. The van der Waals surface area contributed by atoms with Gasteiger partial charge < -0.3 is 9.30 Å². The summed E-state index contributed by atoms with van der Waals surface area (Å²) in [5.41, 5.74) is 1.20. The van der Waals surface area contributed by atoms with Crippen molar-refractivity contribution in [3.63, 3.8) is 0 Å². The summed E-state index contributed by atoms with van der Waals surface area (Å²) in [5.74, 6) is -0.0267. The summed E-state index contributed by atoms with van der Waals surface area (Å²) < 4.78 is 7.53. The molecule has 1 aromatic heterocycles. The van der Waals surface area contributed by atoms with Gasteiger partial charge in [0, 0.05) is 24.9 Å². The molecule has 1 aliphatic rings. The van der Waals surface area contributed by atoms with Crippen molar-refractivity contribution in [3.8, 4) is 0 Å². The van der Waals surface area contributed by atoms with Crippen molar-refractivity contribution in [1.29, 1.82) is 0 Å². The van der Waals surface area contributed by atoms with E-state index in [4.69, 9.17) is 4.74 Å². The summed E-state index contributed by atoms with van der Waals surface area (Å²) >= 11 is 0. The highest BCUT2D eigenvalue weighted by molar-refractivity contribution is 5.83. The largest absolute Gasteiger partial charge is 0.465 e. The first-order valence-corrected chi connectivity index (χ1v) is 8.41. The second-order valence-corrected chi connectivity index (χ2v) is 6.43. The van der Waals surface area contributed by atoms with Gasteiger partial charge in [0.25, 0.3) is 0 Å². The minimum Gasteiger partial charge on any atom is -0.465 e. The van der Waals surface area contributed by atoms with Gasteiger partial charge in [-0.25, -0.2) is 4.98 Å². The number of nitrogens with zero attached hydrogens (tertiary/aromatic N) is 2. The number of rotatable bonds is 5. The first-order valence-electron chi connectivity index (χ1n) is 8.41. The molecule has 0 amide bonds. The predicted molar refractivity (Wildman–Crippen MR) is 92.6 cm³/mol. The SMILES string of the molecule is O=C(OCCc1ccc2ccccc2c1)C1CC(n2ccnc2)C1. The van der Waals surface area contributed by atoms with Crippen molar-refractivity contribution in [3.05, 3.63) is 66.7 Å². The van der Waals surface area contributed by atoms with Crippen LogP contribution in [0.25, 0.3) is 10.8 Å². The summed E-state index contributed by atoms with van der Waals surface area (Å²) in [6.07, 6.45) is 8.00. The Kier molecular flexibility index (Phi) is 4.03. The zero-order chi connectivity index (χ0) is 16.4. The third-order valence-electron chi connectivity index (χ3n) is 4.84. The molecule has 0 atom stereocenters. The molecule has 0 N–H and O–H groups in total. The zero-order valence-electron chi connectivity index (χ0n) is 13.5. The smallest absolute Gasteiger partial charge is 0.309 e. The fraction of sp³-hybridized carbons (Fsp3) is 0.300. The molecule has 2 aromatic carbocycles. The molecule has 1 aliphatic carbocycles. The van der Waals surface area contributed by atoms with Gasteiger partial charge in [0.05, 0.1) is 18.9 Å². The zero-order valence-corrected chi connectivity index (χ0v) is 13.5. The molecule has 4 heteroatoms. The van der Waals surface area contributed by atoms with Gasteiger partial charge >= 0.3 is 5.97 Å². The number of hydrogen-bond donors (Lipinski definition) is 0. The highest BCUT2D eigenvalue weighted by Gasteiger charge is 2.36. The predicted octanol–water partition coefficient (Wildman–Crippen LogP) is 3.77. The van der Waals surface area contributed by atoms with Gasteiger partial charge in [-0.2, -0.15) is 0 Å². The molecule has 0 saturated heterocycles. The van der Waals surface area contributed by atoms with E-state index in [9.17, 15) is 4.79 Å². The Morgan fingerprint density at radius 2 is 2.00 bits per heavy atom. The van der Waals surface area contributed by atoms with Crippen LogP contribution >= 0.6 is 0 Å². The number of aromatic nitrogens is 2. The van der Waals surface area contributed by atoms with Crippen molar-refractivity contribution in [2.24, 2.45) is 5.92 Å². The molecule has 1 fully saturated rings. The Morgan fingerprint density at radius 3 is 2.79 bits per heavy atom. The van der Waals surface area contributed by atoms with E-state index in [0.717, 1.165) is 19.3 Å². The highest BCUT2D eigenvalue weighted by atomic mass is 16.5. The molecule has 0 aliphatic heterocycles. The Balaban J connectivity index is 1.25. The van der Waals surface area contributed by atoms with E-state index in [-0.39, 0.29) is 11.9 Å². The summed E-state index contributed by atoms with van der Waals surface area (Å²) in [4.78, 5) is 16.1. The second kappa shape index (κ2) is 6.48. The molecule has 0 bridgehead atoms. The van der Waals surface area contributed by atoms with Crippen molar-refractivity contribution >= 4 is 16.7 Å². The van der Waals surface area contributed by atoms with Gasteiger partial charge in [-0.1, -0.05) is 42.5 Å². The maximum absolute atomic E-state index is 12.1. The standard InChI is InChI=1S/C20H20N2O2/c23-20(18-12-19(13-18)22-9-8-21-14-22)24-10-7-15-5-6-16-3-1-2-4-17(16)11-15/h1-6,8-9,11,14,18-19H,7,10,12-13H2. The van der Waals surface area contributed by atoms with Gasteiger partial charge in [-0.05, 0) is 29.2 Å². The number of esters is 1. The number of ether oxygens (including phenoxy) is 1. The van der Waals surface area contributed by atoms with E-state index in [1.165, 1.54) is 16.3 Å². The maximum atomic E-state index is 12.1. The van der Waals surface area contributed by atoms with Crippen molar-refractivity contribution in [2.45, 2.75) is 25.3 Å². The van der Waals surface area contributed by atoms with Gasteiger partial charge in [0.2, 0.25) is 0 Å². The van der Waals surface area contributed by atoms with E-state index in [1.54, 1.807) is 6.20 Å². The molecule has 1 heterocycles. The monoisotopic (exact) mass is 320 g/mol. The van der Waals surface area contributed by atoms with Gasteiger partial charge in [-0.3, -0.25) is 4.79 Å². The first-order chi connectivity index (χ1) is 11.8. The summed E-state index contributed by atoms with van der Waals surface area (Å²) in [6.45, 7) is 0.448. The number of carbonyl (C=O) groups is 1. The van der Waals surface area contributed by atoms with Crippen molar-refractivity contribution < 1.29 is 9.53 Å². The molecule has 4 nitrogen and oxygen atoms in total. The van der Waals surface area contributed by atoms with Crippen LogP contribution in [0.1, 0.15) is 24.4 Å². The lowest BCUT2D eigenvalue weighted by Crippen LogP contribution is -2.33. The molecule has 0 spiro atoms. The molecule has 0 unspecified atom stereocenters. The second-order valence-electron chi connectivity index (χ2n) is 6.43. The lowest BCUT2D eigenvalue weighted by Gasteiger charge is -2.34. The summed E-state index contributed by atoms with van der Waals surface area (Å²) in [6, 6.07) is 15.1. The van der Waals surface area contributed by atoms with Crippen LogP contribution in [-0.2, 0) is 16.0 Å². The van der Waals surface area contributed by atoms with Crippen molar-refractivity contribution in [2.75, 3.05) is 6.61 Å². The van der Waals surface area contributed by atoms with Crippen LogP contribution in [-0.4, -0.2) is 22.1 Å². The molecule has 4 rings (SSSR count). The van der Waals surface area contributed by atoms with Crippen LogP contribution in [0, 0.1) is 5.92 Å². The van der Waals surface area contributed by atoms with Crippen LogP contribution in [0.5, 0.6) is 0 Å². The van der Waals surface area contributed by atoms with Gasteiger partial charge in [0.15, 0.2) is 0 Å². The van der Waals surface area contributed by atoms with E-state index < -0.39 is 0 Å². The molecule has 0 radical (unpaired) electrons. The fourth-order valence-electron chi connectivity index (χ4n) is 3.29. The Bertz CT molecular complexity index is 836. The normalized spacial score (nSPS) is 19.8. The Morgan fingerprint density at radius 1 is 1.17 bits per heavy atom. The van der Waals surface area contributed by atoms with Crippen LogP contribution in [0.4, 0.5) is 0 Å². The van der Waals surface area contributed by atoms with Crippen LogP contribution in [0.3, 0.4) is 0 Å². The number of hydrogen-bond acceptors (Lipinski definition) is 3. The lowest BCUT2D eigenvalue weighted by atomic mass is 9.80. The molecule has 1 saturated carbocycles. The molecular weight excluding hydrogens is 300 g/mol. The average Bonchev–Trinajstić information content (AvgIpc) is 3.07. The van der Waals surface area contributed by atoms with Gasteiger partial charge in [-0.15, -0.1) is 0 Å². The maximum Gasteiger partial charge on any atom is 0.309 e. The first kappa shape index (κ1) is 14.9. The fourth-order valence-corrected chi connectivity index (χ4v) is 3.29. The minimum atomic E-state index is -0.0628. The highest BCUT2D eigenvalue weighted by Crippen LogP contribution is 2.38. The Labute approximate surface area is 141 Å². The quantitative estimate of drug-likeness (QED) is 0.672. The van der Waals surface area contributed by atoms with Crippen LogP contribution in [0.15, 0.2) is 61.2 Å². The third-order valence-corrected chi connectivity index (χ3v) is 4.84. The number of imidazole rings is 1. The number of fused-ring (bicyclic) bond motifs is 1. The topological polar surface area (TPSA) is 44.1 Å². The van der Waals surface area contributed by atoms with Crippen LogP contribution in [0.2, 0.25) is 0 Å². The molecule has 3 aromatic rings. The summed E-state index contributed by atoms with van der Waals surface area (Å²) in [5, 5.41) is 2.46. The number of benzene rings is 2. The van der Waals surface area contributed by atoms with Gasteiger partial charge in [0.1, 0.15) is 0 Å². The van der Waals surface area contributed by atoms with Crippen molar-refractivity contribution in [1.82, 2.24) is 9.55 Å². The van der Waals surface area contributed by atoms with E-state index >= 15 is 0 Å². The van der Waals surface area contributed by atoms with Crippen LogP contribution < -0.4 is 0 Å². The number of carbonyl (C=O) groups excluding carboxylic acids is 1.